The molecule has 0 radical (unpaired) electrons. The first-order chi connectivity index (χ1) is 15.2. The average Bonchev–Trinajstić information content (AvgIpc) is 3.33. The highest BCUT2D eigenvalue weighted by atomic mass is 32.1. The number of nitrogens with zero attached hydrogens (tertiary/aromatic N) is 3. The Bertz CT molecular complexity index is 1300. The summed E-state index contributed by atoms with van der Waals surface area (Å²) in [7, 11) is 0. The van der Waals surface area contributed by atoms with Crippen LogP contribution in [-0.4, -0.2) is 26.3 Å². The molecule has 2 N–H and O–H groups in total. The predicted octanol–water partition coefficient (Wildman–Crippen LogP) is 4.78. The van der Waals surface area contributed by atoms with Gasteiger partial charge in [-0.05, 0) is 24.3 Å². The smallest absolute Gasteiger partial charge is 0.326 e. The predicted molar refractivity (Wildman–Crippen MR) is 115 cm³/mol. The first-order valence-electron chi connectivity index (χ1n) is 9.36. The van der Waals surface area contributed by atoms with Crippen LogP contribution < -0.4 is 10.6 Å². The first-order valence-corrected chi connectivity index (χ1v) is 10.2. The van der Waals surface area contributed by atoms with Gasteiger partial charge in [0.15, 0.2) is 5.13 Å². The van der Waals surface area contributed by atoms with Crippen LogP contribution in [0.15, 0.2) is 53.9 Å². The van der Waals surface area contributed by atoms with E-state index in [0.717, 1.165) is 21.5 Å². The molecule has 4 rings (SSSR count). The first kappa shape index (κ1) is 21.5. The van der Waals surface area contributed by atoms with Crippen LogP contribution in [-0.2, 0) is 22.3 Å². The van der Waals surface area contributed by atoms with E-state index in [9.17, 15) is 22.8 Å². The Kier molecular flexibility index (Phi) is 5.66. The molecule has 7 nitrogen and oxygen atoms in total. The van der Waals surface area contributed by atoms with Crippen LogP contribution in [0.25, 0.3) is 22.3 Å². The topological polar surface area (TPSA) is 88.9 Å². The molecule has 0 saturated heterocycles. The number of rotatable bonds is 5. The number of carbonyl (C=O) groups excluding carboxylic acids is 2. The fourth-order valence-electron chi connectivity index (χ4n) is 3.15. The molecule has 32 heavy (non-hydrogen) atoms. The number of amides is 2. The van der Waals surface area contributed by atoms with Gasteiger partial charge in [-0.2, -0.15) is 13.2 Å². The van der Waals surface area contributed by atoms with Gasteiger partial charge in [0.1, 0.15) is 6.54 Å². The highest BCUT2D eigenvalue weighted by Gasteiger charge is 2.38. The number of halogens is 3. The number of imidazole rings is 1. The molecule has 0 fully saturated rings. The van der Waals surface area contributed by atoms with Crippen molar-refractivity contribution >= 4 is 45.0 Å². The minimum Gasteiger partial charge on any atom is -0.326 e. The minimum atomic E-state index is -4.70. The number of carbonyl (C=O) groups is 2. The molecule has 0 aliphatic rings. The Morgan fingerprint density at radius 1 is 1.03 bits per heavy atom. The van der Waals surface area contributed by atoms with Crippen LogP contribution in [0.4, 0.5) is 24.0 Å². The zero-order valence-electron chi connectivity index (χ0n) is 16.6. The summed E-state index contributed by atoms with van der Waals surface area (Å²) < 4.78 is 41.1. The Morgan fingerprint density at radius 2 is 1.75 bits per heavy atom. The van der Waals surface area contributed by atoms with E-state index in [1.807, 2.05) is 0 Å². The highest BCUT2D eigenvalue weighted by molar-refractivity contribution is 7.14. The molecule has 4 aromatic rings. The van der Waals surface area contributed by atoms with Crippen LogP contribution in [0.2, 0.25) is 0 Å². The molecule has 0 bridgehead atoms. The number of fused-ring (bicyclic) bond motifs is 1. The quantitative estimate of drug-likeness (QED) is 0.450. The SMILES string of the molecule is CC(=O)Nc1ccc(-c2csc(NC(=O)Cn3c(C(F)(F)F)nc4ccccc43)n2)cc1. The minimum absolute atomic E-state index is 0.159. The molecule has 0 saturated carbocycles. The van der Waals surface area contributed by atoms with Gasteiger partial charge in [0.2, 0.25) is 17.6 Å². The molecule has 0 atom stereocenters. The summed E-state index contributed by atoms with van der Waals surface area (Å²) in [6, 6.07) is 13.1. The van der Waals surface area contributed by atoms with E-state index in [1.165, 1.54) is 19.1 Å². The third-order valence-corrected chi connectivity index (χ3v) is 5.22. The second kappa shape index (κ2) is 8.42. The number of hydrogen-bond donors (Lipinski definition) is 2. The van der Waals surface area contributed by atoms with Crippen LogP contribution in [0.3, 0.4) is 0 Å². The van der Waals surface area contributed by atoms with Crippen molar-refractivity contribution < 1.29 is 22.8 Å². The number of thiazole rings is 1. The van der Waals surface area contributed by atoms with Crippen LogP contribution in [0.5, 0.6) is 0 Å². The second-order valence-corrected chi connectivity index (χ2v) is 7.71. The molecule has 2 aromatic heterocycles. The van der Waals surface area contributed by atoms with E-state index >= 15 is 0 Å². The third kappa shape index (κ3) is 4.62. The summed E-state index contributed by atoms with van der Waals surface area (Å²) in [4.78, 5) is 31.6. The normalized spacial score (nSPS) is 11.5. The summed E-state index contributed by atoms with van der Waals surface area (Å²) in [5, 5.41) is 7.19. The second-order valence-electron chi connectivity index (χ2n) is 6.85. The zero-order valence-corrected chi connectivity index (χ0v) is 17.4. The van der Waals surface area contributed by atoms with Crippen molar-refractivity contribution in [1.29, 1.82) is 0 Å². The summed E-state index contributed by atoms with van der Waals surface area (Å²) >= 11 is 1.15. The van der Waals surface area contributed by atoms with Crippen molar-refractivity contribution in [3.05, 3.63) is 59.7 Å². The zero-order chi connectivity index (χ0) is 22.9. The van der Waals surface area contributed by atoms with Crippen molar-refractivity contribution in [2.75, 3.05) is 10.6 Å². The van der Waals surface area contributed by atoms with Crippen molar-refractivity contribution in [3.8, 4) is 11.3 Å². The van der Waals surface area contributed by atoms with Crippen molar-refractivity contribution in [2.24, 2.45) is 0 Å². The average molecular weight is 459 g/mol. The molecule has 0 unspecified atom stereocenters. The summed E-state index contributed by atoms with van der Waals surface area (Å²) in [5.74, 6) is -1.97. The molecule has 2 heterocycles. The molecule has 164 valence electrons. The van der Waals surface area contributed by atoms with E-state index < -0.39 is 24.5 Å². The van der Waals surface area contributed by atoms with Crippen molar-refractivity contribution in [1.82, 2.24) is 14.5 Å². The Labute approximate surface area is 183 Å². The number of aromatic nitrogens is 3. The summed E-state index contributed by atoms with van der Waals surface area (Å²) in [6.07, 6.45) is -4.70. The van der Waals surface area contributed by atoms with Crippen LogP contribution in [0.1, 0.15) is 12.7 Å². The number of hydrogen-bond acceptors (Lipinski definition) is 5. The van der Waals surface area contributed by atoms with Gasteiger partial charge < -0.3 is 15.2 Å². The molecular weight excluding hydrogens is 443 g/mol. The van der Waals surface area contributed by atoms with E-state index in [4.69, 9.17) is 0 Å². The summed E-state index contributed by atoms with van der Waals surface area (Å²) in [5.41, 5.74) is 2.36. The molecule has 0 spiro atoms. The summed E-state index contributed by atoms with van der Waals surface area (Å²) in [6.45, 7) is 0.850. The Morgan fingerprint density at radius 3 is 2.44 bits per heavy atom. The lowest BCUT2D eigenvalue weighted by molar-refractivity contribution is -0.147. The van der Waals surface area contributed by atoms with Gasteiger partial charge in [-0.15, -0.1) is 11.3 Å². The highest BCUT2D eigenvalue weighted by Crippen LogP contribution is 2.32. The van der Waals surface area contributed by atoms with Crippen LogP contribution >= 0.6 is 11.3 Å². The van der Waals surface area contributed by atoms with E-state index in [1.54, 1.807) is 41.8 Å². The van der Waals surface area contributed by atoms with Crippen molar-refractivity contribution in [3.63, 3.8) is 0 Å². The monoisotopic (exact) mass is 459 g/mol. The molecule has 0 aliphatic carbocycles. The number of benzene rings is 2. The van der Waals surface area contributed by atoms with Gasteiger partial charge in [-0.1, -0.05) is 24.3 Å². The molecule has 2 amide bonds. The maximum Gasteiger partial charge on any atom is 0.449 e. The van der Waals surface area contributed by atoms with Gasteiger partial charge in [-0.3, -0.25) is 9.59 Å². The number of anilines is 2. The van der Waals surface area contributed by atoms with Gasteiger partial charge in [0.05, 0.1) is 16.7 Å². The van der Waals surface area contributed by atoms with Crippen LogP contribution in [0, 0.1) is 0 Å². The largest absolute Gasteiger partial charge is 0.449 e. The molecule has 2 aromatic carbocycles. The van der Waals surface area contributed by atoms with Crippen molar-refractivity contribution in [2.45, 2.75) is 19.6 Å². The maximum absolute atomic E-state index is 13.4. The van der Waals surface area contributed by atoms with E-state index in [-0.39, 0.29) is 22.1 Å². The number of alkyl halides is 3. The van der Waals surface area contributed by atoms with Gasteiger partial charge >= 0.3 is 6.18 Å². The fourth-order valence-corrected chi connectivity index (χ4v) is 3.88. The Hall–Kier alpha value is -3.73. The van der Waals surface area contributed by atoms with E-state index in [0.29, 0.717) is 11.4 Å². The third-order valence-electron chi connectivity index (χ3n) is 4.46. The molecule has 11 heteroatoms. The lowest BCUT2D eigenvalue weighted by Crippen LogP contribution is -2.23. The molecule has 0 aliphatic heterocycles. The molecular formula is C21H16F3N5O2S. The van der Waals surface area contributed by atoms with E-state index in [2.05, 4.69) is 20.6 Å². The lowest BCUT2D eigenvalue weighted by atomic mass is 10.1. The fraction of sp³-hybridized carbons (Fsp3) is 0.143. The number of para-hydroxylation sites is 2. The van der Waals surface area contributed by atoms with Gasteiger partial charge in [-0.25, -0.2) is 9.97 Å². The maximum atomic E-state index is 13.4. The lowest BCUT2D eigenvalue weighted by Gasteiger charge is -2.10. The standard InChI is InChI=1S/C21H16F3N5O2S/c1-12(30)25-14-8-6-13(7-9-14)16-11-32-20(27-16)28-18(31)10-29-17-5-3-2-4-15(17)26-19(29)21(22,23)24/h2-9,11H,10H2,1H3,(H,25,30)(H,27,28,31). The number of nitrogens with one attached hydrogen (secondary N) is 2. The van der Waals surface area contributed by atoms with Gasteiger partial charge in [0.25, 0.3) is 0 Å². The Balaban J connectivity index is 1.50. The van der Waals surface area contributed by atoms with Gasteiger partial charge in [0, 0.05) is 23.6 Å².